The molecule has 3 aromatic rings. The maximum atomic E-state index is 5.70. The quantitative estimate of drug-likeness (QED) is 0.788. The van der Waals surface area contributed by atoms with Crippen LogP contribution in [0.15, 0.2) is 42.5 Å². The Hall–Kier alpha value is -2.49. The Morgan fingerprint density at radius 2 is 1.80 bits per heavy atom. The third-order valence-corrected chi connectivity index (χ3v) is 3.12. The van der Waals surface area contributed by atoms with Gasteiger partial charge in [0, 0.05) is 0 Å². The van der Waals surface area contributed by atoms with E-state index >= 15 is 0 Å². The molecule has 0 bridgehead atoms. The van der Waals surface area contributed by atoms with Crippen LogP contribution in [0.3, 0.4) is 0 Å². The van der Waals surface area contributed by atoms with Crippen LogP contribution in [0.5, 0.6) is 11.5 Å². The average Bonchev–Trinajstić information content (AvgIpc) is 2.87. The van der Waals surface area contributed by atoms with Gasteiger partial charge in [-0.3, -0.25) is 0 Å². The SMILES string of the molecule is COc1ccc(OCc2nc3ccc(C)cc3[nH]2)cc1. The van der Waals surface area contributed by atoms with Crippen molar-refractivity contribution in [1.29, 1.82) is 0 Å². The number of nitrogens with zero attached hydrogens (tertiary/aromatic N) is 1. The lowest BCUT2D eigenvalue weighted by Crippen LogP contribution is -1.97. The fraction of sp³-hybridized carbons (Fsp3) is 0.188. The first-order valence-electron chi connectivity index (χ1n) is 6.47. The number of aromatic nitrogens is 2. The monoisotopic (exact) mass is 268 g/mol. The normalized spacial score (nSPS) is 10.7. The largest absolute Gasteiger partial charge is 0.497 e. The molecule has 0 saturated carbocycles. The number of imidazole rings is 1. The second-order valence-electron chi connectivity index (χ2n) is 4.67. The van der Waals surface area contributed by atoms with Crippen molar-refractivity contribution in [3.63, 3.8) is 0 Å². The number of nitrogens with one attached hydrogen (secondary N) is 1. The molecule has 0 atom stereocenters. The van der Waals surface area contributed by atoms with Crippen LogP contribution in [0, 0.1) is 6.92 Å². The Morgan fingerprint density at radius 1 is 1.05 bits per heavy atom. The first-order valence-corrected chi connectivity index (χ1v) is 6.47. The van der Waals surface area contributed by atoms with Crippen LogP contribution in [0.1, 0.15) is 11.4 Å². The number of hydrogen-bond donors (Lipinski definition) is 1. The van der Waals surface area contributed by atoms with Crippen LogP contribution >= 0.6 is 0 Å². The van der Waals surface area contributed by atoms with E-state index in [-0.39, 0.29) is 0 Å². The van der Waals surface area contributed by atoms with Gasteiger partial charge in [-0.2, -0.15) is 0 Å². The third-order valence-electron chi connectivity index (χ3n) is 3.12. The predicted octanol–water partition coefficient (Wildman–Crippen LogP) is 3.46. The van der Waals surface area contributed by atoms with Crippen molar-refractivity contribution in [3.05, 3.63) is 53.9 Å². The average molecular weight is 268 g/mol. The first kappa shape index (κ1) is 12.5. The maximum absolute atomic E-state index is 5.70. The van der Waals surface area contributed by atoms with Crippen molar-refractivity contribution in [1.82, 2.24) is 9.97 Å². The highest BCUT2D eigenvalue weighted by Crippen LogP contribution is 2.19. The molecule has 20 heavy (non-hydrogen) atoms. The number of benzene rings is 2. The summed E-state index contributed by atoms with van der Waals surface area (Å²) in [5.41, 5.74) is 3.21. The van der Waals surface area contributed by atoms with Crippen LogP contribution in [0.2, 0.25) is 0 Å². The van der Waals surface area contributed by atoms with Gasteiger partial charge in [0.05, 0.1) is 18.1 Å². The summed E-state index contributed by atoms with van der Waals surface area (Å²) in [7, 11) is 1.65. The molecule has 4 heteroatoms. The molecule has 0 unspecified atom stereocenters. The van der Waals surface area contributed by atoms with Crippen molar-refractivity contribution in [2.24, 2.45) is 0 Å². The zero-order valence-corrected chi connectivity index (χ0v) is 11.5. The molecule has 0 aliphatic carbocycles. The third kappa shape index (κ3) is 2.59. The van der Waals surface area contributed by atoms with Crippen molar-refractivity contribution in [3.8, 4) is 11.5 Å². The molecule has 0 saturated heterocycles. The molecule has 102 valence electrons. The summed E-state index contributed by atoms with van der Waals surface area (Å²) in [5.74, 6) is 2.43. The summed E-state index contributed by atoms with van der Waals surface area (Å²) in [5, 5.41) is 0. The second-order valence-corrected chi connectivity index (χ2v) is 4.67. The molecule has 1 heterocycles. The predicted molar refractivity (Wildman–Crippen MR) is 78.2 cm³/mol. The minimum Gasteiger partial charge on any atom is -0.497 e. The van der Waals surface area contributed by atoms with E-state index in [4.69, 9.17) is 9.47 Å². The number of aryl methyl sites for hydroxylation is 1. The van der Waals surface area contributed by atoms with Gasteiger partial charge >= 0.3 is 0 Å². The number of rotatable bonds is 4. The fourth-order valence-electron chi connectivity index (χ4n) is 2.07. The number of fused-ring (bicyclic) bond motifs is 1. The maximum Gasteiger partial charge on any atom is 0.146 e. The van der Waals surface area contributed by atoms with E-state index in [1.807, 2.05) is 30.3 Å². The van der Waals surface area contributed by atoms with Gasteiger partial charge in [-0.25, -0.2) is 4.98 Å². The summed E-state index contributed by atoms with van der Waals surface area (Å²) < 4.78 is 10.8. The van der Waals surface area contributed by atoms with E-state index < -0.39 is 0 Å². The summed E-state index contributed by atoms with van der Waals surface area (Å²) in [6.07, 6.45) is 0. The summed E-state index contributed by atoms with van der Waals surface area (Å²) in [4.78, 5) is 7.77. The van der Waals surface area contributed by atoms with Gasteiger partial charge in [0.1, 0.15) is 23.9 Å². The molecule has 0 aliphatic heterocycles. The molecule has 0 spiro atoms. The summed E-state index contributed by atoms with van der Waals surface area (Å²) >= 11 is 0. The number of methoxy groups -OCH3 is 1. The topological polar surface area (TPSA) is 47.1 Å². The standard InChI is InChI=1S/C16H16N2O2/c1-11-3-8-14-15(9-11)18-16(17-14)10-20-13-6-4-12(19-2)5-7-13/h3-9H,10H2,1-2H3,(H,17,18). The van der Waals surface area contributed by atoms with Crippen molar-refractivity contribution >= 4 is 11.0 Å². The molecule has 0 fully saturated rings. The molecule has 3 rings (SSSR count). The van der Waals surface area contributed by atoms with Gasteiger partial charge in [0.25, 0.3) is 0 Å². The zero-order chi connectivity index (χ0) is 13.9. The van der Waals surface area contributed by atoms with Gasteiger partial charge in [-0.1, -0.05) is 6.07 Å². The molecule has 0 aliphatic rings. The van der Waals surface area contributed by atoms with Gasteiger partial charge in [0.15, 0.2) is 0 Å². The lowest BCUT2D eigenvalue weighted by Gasteiger charge is -2.05. The van der Waals surface area contributed by atoms with E-state index in [0.29, 0.717) is 6.61 Å². The number of hydrogen-bond acceptors (Lipinski definition) is 3. The van der Waals surface area contributed by atoms with Crippen LogP contribution < -0.4 is 9.47 Å². The van der Waals surface area contributed by atoms with E-state index in [9.17, 15) is 0 Å². The molecule has 2 aromatic carbocycles. The zero-order valence-electron chi connectivity index (χ0n) is 11.5. The van der Waals surface area contributed by atoms with Crippen LogP contribution in [-0.4, -0.2) is 17.1 Å². The van der Waals surface area contributed by atoms with Crippen molar-refractivity contribution in [2.75, 3.05) is 7.11 Å². The van der Waals surface area contributed by atoms with Crippen LogP contribution in [-0.2, 0) is 6.61 Å². The molecule has 4 nitrogen and oxygen atoms in total. The van der Waals surface area contributed by atoms with Gasteiger partial charge in [-0.05, 0) is 48.9 Å². The molecular weight excluding hydrogens is 252 g/mol. The highest BCUT2D eigenvalue weighted by molar-refractivity contribution is 5.75. The first-order chi connectivity index (χ1) is 9.74. The number of H-pyrrole nitrogens is 1. The van der Waals surface area contributed by atoms with Crippen LogP contribution in [0.25, 0.3) is 11.0 Å². The molecule has 1 N–H and O–H groups in total. The Labute approximate surface area is 117 Å². The van der Waals surface area contributed by atoms with E-state index in [1.165, 1.54) is 5.56 Å². The Balaban J connectivity index is 1.72. The molecule has 0 amide bonds. The Kier molecular flexibility index (Phi) is 3.29. The molecular formula is C16H16N2O2. The number of ether oxygens (including phenoxy) is 2. The lowest BCUT2D eigenvalue weighted by atomic mass is 10.2. The molecule has 1 aromatic heterocycles. The minimum atomic E-state index is 0.417. The number of aromatic amines is 1. The van der Waals surface area contributed by atoms with E-state index in [1.54, 1.807) is 7.11 Å². The van der Waals surface area contributed by atoms with E-state index in [2.05, 4.69) is 29.0 Å². The van der Waals surface area contributed by atoms with Crippen molar-refractivity contribution in [2.45, 2.75) is 13.5 Å². The van der Waals surface area contributed by atoms with Gasteiger partial charge in [-0.15, -0.1) is 0 Å². The smallest absolute Gasteiger partial charge is 0.146 e. The highest BCUT2D eigenvalue weighted by Gasteiger charge is 2.04. The van der Waals surface area contributed by atoms with Crippen LogP contribution in [0.4, 0.5) is 0 Å². The van der Waals surface area contributed by atoms with Gasteiger partial charge in [0.2, 0.25) is 0 Å². The second kappa shape index (κ2) is 5.25. The summed E-state index contributed by atoms with van der Waals surface area (Å²) in [6, 6.07) is 13.7. The summed E-state index contributed by atoms with van der Waals surface area (Å²) in [6.45, 7) is 2.48. The van der Waals surface area contributed by atoms with E-state index in [0.717, 1.165) is 28.4 Å². The fourth-order valence-corrected chi connectivity index (χ4v) is 2.07. The Morgan fingerprint density at radius 3 is 2.55 bits per heavy atom. The lowest BCUT2D eigenvalue weighted by molar-refractivity contribution is 0.297. The Bertz CT molecular complexity index is 717. The van der Waals surface area contributed by atoms with Gasteiger partial charge < -0.3 is 14.5 Å². The highest BCUT2D eigenvalue weighted by atomic mass is 16.5. The molecule has 0 radical (unpaired) electrons. The minimum absolute atomic E-state index is 0.417. The van der Waals surface area contributed by atoms with Crippen molar-refractivity contribution < 1.29 is 9.47 Å².